The van der Waals surface area contributed by atoms with Crippen LogP contribution in [0.1, 0.15) is 18.9 Å². The highest BCUT2D eigenvalue weighted by Gasteiger charge is 2.36. The highest BCUT2D eigenvalue weighted by atomic mass is 19.1. The minimum absolute atomic E-state index is 0.211. The van der Waals surface area contributed by atoms with Crippen molar-refractivity contribution in [2.75, 3.05) is 6.54 Å². The van der Waals surface area contributed by atoms with Crippen LogP contribution < -0.4 is 5.32 Å². The Morgan fingerprint density at radius 2 is 2.21 bits per heavy atom. The van der Waals surface area contributed by atoms with Crippen molar-refractivity contribution in [3.63, 3.8) is 0 Å². The second-order valence-corrected chi connectivity index (χ2v) is 4.05. The predicted molar refractivity (Wildman–Crippen MR) is 52.4 cm³/mol. The first-order chi connectivity index (χ1) is 6.62. The van der Waals surface area contributed by atoms with Crippen LogP contribution in [-0.4, -0.2) is 17.8 Å². The Kier molecular flexibility index (Phi) is 2.29. The van der Waals surface area contributed by atoms with Gasteiger partial charge in [0.25, 0.3) is 0 Å². The fraction of sp³-hybridized carbons (Fsp3) is 0.455. The molecule has 1 fully saturated rings. The SMILES string of the molecule is CC1(c2ccccc2F)CC(O)CN1. The van der Waals surface area contributed by atoms with E-state index in [1.165, 1.54) is 6.07 Å². The van der Waals surface area contributed by atoms with E-state index >= 15 is 0 Å². The standard InChI is InChI=1S/C11H14FNO/c1-11(6-8(14)7-13-11)9-4-2-3-5-10(9)12/h2-5,8,13-14H,6-7H2,1H3. The van der Waals surface area contributed by atoms with Crippen molar-refractivity contribution in [1.29, 1.82) is 0 Å². The number of rotatable bonds is 1. The lowest BCUT2D eigenvalue weighted by atomic mass is 9.89. The van der Waals surface area contributed by atoms with Gasteiger partial charge in [0.2, 0.25) is 0 Å². The van der Waals surface area contributed by atoms with Crippen LogP contribution >= 0.6 is 0 Å². The van der Waals surface area contributed by atoms with E-state index in [-0.39, 0.29) is 11.9 Å². The van der Waals surface area contributed by atoms with Crippen molar-refractivity contribution in [3.8, 4) is 0 Å². The Hall–Kier alpha value is -0.930. The van der Waals surface area contributed by atoms with E-state index in [4.69, 9.17) is 0 Å². The Labute approximate surface area is 82.8 Å². The molecule has 2 rings (SSSR count). The number of aliphatic hydroxyl groups excluding tert-OH is 1. The summed E-state index contributed by atoms with van der Waals surface area (Å²) in [6, 6.07) is 6.71. The molecule has 2 atom stereocenters. The molecule has 1 aromatic carbocycles. The van der Waals surface area contributed by atoms with Crippen molar-refractivity contribution in [2.45, 2.75) is 25.0 Å². The van der Waals surface area contributed by atoms with Gasteiger partial charge in [0.1, 0.15) is 5.82 Å². The zero-order chi connectivity index (χ0) is 10.2. The highest BCUT2D eigenvalue weighted by Crippen LogP contribution is 2.31. The zero-order valence-electron chi connectivity index (χ0n) is 8.13. The lowest BCUT2D eigenvalue weighted by molar-refractivity contribution is 0.186. The van der Waals surface area contributed by atoms with Gasteiger partial charge in [-0.05, 0) is 19.4 Å². The van der Waals surface area contributed by atoms with Gasteiger partial charge in [0.05, 0.1) is 6.10 Å². The maximum absolute atomic E-state index is 13.5. The molecule has 0 spiro atoms. The molecule has 0 radical (unpaired) electrons. The lowest BCUT2D eigenvalue weighted by Crippen LogP contribution is -2.34. The van der Waals surface area contributed by atoms with Crippen molar-refractivity contribution < 1.29 is 9.50 Å². The van der Waals surface area contributed by atoms with E-state index in [0.717, 1.165) is 0 Å². The minimum Gasteiger partial charge on any atom is -0.392 e. The minimum atomic E-state index is -0.426. The molecule has 1 aliphatic rings. The Morgan fingerprint density at radius 1 is 1.50 bits per heavy atom. The molecule has 14 heavy (non-hydrogen) atoms. The number of β-amino-alcohol motifs (C(OH)–C–C–N with tert-alkyl or cyclic N) is 1. The first-order valence-corrected chi connectivity index (χ1v) is 4.80. The molecule has 0 aliphatic carbocycles. The van der Waals surface area contributed by atoms with Gasteiger partial charge < -0.3 is 10.4 Å². The molecule has 1 aromatic rings. The van der Waals surface area contributed by atoms with Crippen molar-refractivity contribution >= 4 is 0 Å². The van der Waals surface area contributed by atoms with Crippen LogP contribution in [0.2, 0.25) is 0 Å². The van der Waals surface area contributed by atoms with Crippen molar-refractivity contribution in [3.05, 3.63) is 35.6 Å². The van der Waals surface area contributed by atoms with Crippen molar-refractivity contribution in [2.24, 2.45) is 0 Å². The Bertz CT molecular complexity index is 342. The molecule has 0 saturated carbocycles. The van der Waals surface area contributed by atoms with Gasteiger partial charge in [-0.1, -0.05) is 18.2 Å². The van der Waals surface area contributed by atoms with E-state index in [1.54, 1.807) is 12.1 Å². The van der Waals surface area contributed by atoms with Crippen LogP contribution in [0, 0.1) is 5.82 Å². The summed E-state index contributed by atoms with van der Waals surface area (Å²) in [4.78, 5) is 0. The summed E-state index contributed by atoms with van der Waals surface area (Å²) in [5, 5.41) is 12.6. The van der Waals surface area contributed by atoms with E-state index in [0.29, 0.717) is 18.5 Å². The number of halogens is 1. The summed E-state index contributed by atoms with van der Waals surface area (Å²) in [6.07, 6.45) is 0.188. The number of hydrogen-bond acceptors (Lipinski definition) is 2. The second-order valence-electron chi connectivity index (χ2n) is 4.05. The third-order valence-electron chi connectivity index (χ3n) is 2.84. The molecule has 1 aliphatic heterocycles. The van der Waals surface area contributed by atoms with Gasteiger partial charge >= 0.3 is 0 Å². The number of aliphatic hydroxyl groups is 1. The topological polar surface area (TPSA) is 32.3 Å². The smallest absolute Gasteiger partial charge is 0.128 e. The molecule has 2 unspecified atom stereocenters. The molecular formula is C11H14FNO. The summed E-state index contributed by atoms with van der Waals surface area (Å²) in [7, 11) is 0. The Morgan fingerprint density at radius 3 is 2.79 bits per heavy atom. The van der Waals surface area contributed by atoms with Crippen LogP contribution in [-0.2, 0) is 5.54 Å². The van der Waals surface area contributed by atoms with Gasteiger partial charge in [-0.2, -0.15) is 0 Å². The molecular weight excluding hydrogens is 181 g/mol. The van der Waals surface area contributed by atoms with Crippen LogP contribution in [0.3, 0.4) is 0 Å². The maximum Gasteiger partial charge on any atom is 0.128 e. The van der Waals surface area contributed by atoms with Gasteiger partial charge in [0, 0.05) is 17.6 Å². The van der Waals surface area contributed by atoms with Gasteiger partial charge in [-0.15, -0.1) is 0 Å². The lowest BCUT2D eigenvalue weighted by Gasteiger charge is -2.25. The summed E-state index contributed by atoms with van der Waals surface area (Å²) in [6.45, 7) is 2.45. The van der Waals surface area contributed by atoms with Gasteiger partial charge in [-0.3, -0.25) is 0 Å². The van der Waals surface area contributed by atoms with E-state index in [9.17, 15) is 9.50 Å². The van der Waals surface area contributed by atoms with Gasteiger partial charge in [0.15, 0.2) is 0 Å². The summed E-state index contributed by atoms with van der Waals surface area (Å²) >= 11 is 0. The molecule has 76 valence electrons. The Balaban J connectivity index is 2.35. The first-order valence-electron chi connectivity index (χ1n) is 4.80. The number of hydrogen-bond donors (Lipinski definition) is 2. The monoisotopic (exact) mass is 195 g/mol. The largest absolute Gasteiger partial charge is 0.392 e. The molecule has 0 bridgehead atoms. The van der Waals surface area contributed by atoms with E-state index in [2.05, 4.69) is 5.32 Å². The average molecular weight is 195 g/mol. The first kappa shape index (κ1) is 9.62. The van der Waals surface area contributed by atoms with E-state index in [1.807, 2.05) is 13.0 Å². The summed E-state index contributed by atoms with van der Waals surface area (Å²) < 4.78 is 13.5. The number of nitrogens with one attached hydrogen (secondary N) is 1. The summed E-state index contributed by atoms with van der Waals surface area (Å²) in [5.74, 6) is -0.211. The molecule has 1 saturated heterocycles. The van der Waals surface area contributed by atoms with Crippen LogP contribution in [0.5, 0.6) is 0 Å². The molecule has 0 amide bonds. The van der Waals surface area contributed by atoms with E-state index < -0.39 is 5.54 Å². The maximum atomic E-state index is 13.5. The average Bonchev–Trinajstić information content (AvgIpc) is 2.48. The number of benzene rings is 1. The third-order valence-corrected chi connectivity index (χ3v) is 2.84. The molecule has 3 heteroatoms. The highest BCUT2D eigenvalue weighted by molar-refractivity contribution is 5.27. The fourth-order valence-electron chi connectivity index (χ4n) is 2.07. The summed E-state index contributed by atoms with van der Waals surface area (Å²) in [5.41, 5.74) is 0.210. The van der Waals surface area contributed by atoms with Crippen molar-refractivity contribution in [1.82, 2.24) is 5.32 Å². The normalized spacial score (nSPS) is 32.1. The quantitative estimate of drug-likeness (QED) is 0.710. The predicted octanol–water partition coefficient (Wildman–Crippen LogP) is 1.40. The van der Waals surface area contributed by atoms with Crippen LogP contribution in [0.15, 0.2) is 24.3 Å². The molecule has 2 nitrogen and oxygen atoms in total. The third kappa shape index (κ3) is 1.53. The second kappa shape index (κ2) is 3.33. The molecule has 1 heterocycles. The zero-order valence-corrected chi connectivity index (χ0v) is 8.13. The van der Waals surface area contributed by atoms with Gasteiger partial charge in [-0.25, -0.2) is 4.39 Å². The molecule has 2 N–H and O–H groups in total. The van der Waals surface area contributed by atoms with Crippen LogP contribution in [0.4, 0.5) is 4.39 Å². The molecule has 0 aromatic heterocycles. The fourth-order valence-corrected chi connectivity index (χ4v) is 2.07. The van der Waals surface area contributed by atoms with Crippen LogP contribution in [0.25, 0.3) is 0 Å².